The van der Waals surface area contributed by atoms with E-state index in [1.54, 1.807) is 17.0 Å². The van der Waals surface area contributed by atoms with E-state index in [4.69, 9.17) is 5.73 Å². The van der Waals surface area contributed by atoms with Crippen LogP contribution in [0.4, 0.5) is 11.4 Å². The molecule has 0 radical (unpaired) electrons. The molecule has 1 heterocycles. The largest absolute Gasteiger partial charge is 0.399 e. The lowest BCUT2D eigenvalue weighted by Gasteiger charge is -2.22. The van der Waals surface area contributed by atoms with E-state index in [1.807, 2.05) is 25.1 Å². The first-order chi connectivity index (χ1) is 9.88. The minimum absolute atomic E-state index is 0.0373. The van der Waals surface area contributed by atoms with Crippen LogP contribution in [0.3, 0.4) is 0 Å². The Morgan fingerprint density at radius 3 is 2.71 bits per heavy atom. The van der Waals surface area contributed by atoms with Crippen molar-refractivity contribution in [2.75, 3.05) is 37.8 Å². The smallest absolute Gasteiger partial charge is 0.256 e. The quantitative estimate of drug-likeness (QED) is 0.803. The van der Waals surface area contributed by atoms with Crippen molar-refractivity contribution in [1.29, 1.82) is 0 Å². The second-order valence-electron chi connectivity index (χ2n) is 5.61. The van der Waals surface area contributed by atoms with Gasteiger partial charge in [-0.2, -0.15) is 0 Å². The van der Waals surface area contributed by atoms with Crippen LogP contribution in [-0.2, 0) is 4.79 Å². The fourth-order valence-electron chi connectivity index (χ4n) is 2.64. The van der Waals surface area contributed by atoms with Gasteiger partial charge in [-0.05, 0) is 24.6 Å². The second-order valence-corrected chi connectivity index (χ2v) is 5.61. The molecule has 3 N–H and O–H groups in total. The monoisotopic (exact) mass is 290 g/mol. The molecule has 1 aromatic rings. The molecule has 0 bridgehead atoms. The number of nitrogens with zero attached hydrogens (tertiary/aromatic N) is 2. The molecule has 21 heavy (non-hydrogen) atoms. The third-order valence-corrected chi connectivity index (χ3v) is 3.62. The Labute approximate surface area is 124 Å². The molecule has 114 valence electrons. The summed E-state index contributed by atoms with van der Waals surface area (Å²) in [6, 6.07) is 5.39. The maximum atomic E-state index is 12.7. The topological polar surface area (TPSA) is 78.7 Å². The summed E-state index contributed by atoms with van der Waals surface area (Å²) < 4.78 is 0. The van der Waals surface area contributed by atoms with Crippen molar-refractivity contribution >= 4 is 23.2 Å². The van der Waals surface area contributed by atoms with Gasteiger partial charge >= 0.3 is 0 Å². The summed E-state index contributed by atoms with van der Waals surface area (Å²) in [5.74, 6) is -0.105. The molecular weight excluding hydrogens is 268 g/mol. The van der Waals surface area contributed by atoms with Gasteiger partial charge in [-0.25, -0.2) is 0 Å². The Hall–Kier alpha value is -2.24. The van der Waals surface area contributed by atoms with Crippen molar-refractivity contribution in [2.45, 2.75) is 19.4 Å². The van der Waals surface area contributed by atoms with Gasteiger partial charge in [0.15, 0.2) is 0 Å². The molecule has 1 atom stereocenters. The molecule has 1 aliphatic heterocycles. The van der Waals surface area contributed by atoms with E-state index < -0.39 is 0 Å². The van der Waals surface area contributed by atoms with Crippen LogP contribution in [0.1, 0.15) is 23.7 Å². The first-order valence-corrected chi connectivity index (χ1v) is 7.01. The Balaban J connectivity index is 2.17. The van der Waals surface area contributed by atoms with Crippen LogP contribution in [0.15, 0.2) is 18.2 Å². The van der Waals surface area contributed by atoms with Gasteiger partial charge in [-0.15, -0.1) is 0 Å². The van der Waals surface area contributed by atoms with Gasteiger partial charge < -0.3 is 20.9 Å². The van der Waals surface area contributed by atoms with Crippen LogP contribution in [0.5, 0.6) is 0 Å². The number of nitrogen functional groups attached to an aromatic ring is 1. The highest BCUT2D eigenvalue weighted by molar-refractivity contribution is 6.00. The predicted molar refractivity (Wildman–Crippen MR) is 83.3 cm³/mol. The summed E-state index contributed by atoms with van der Waals surface area (Å²) in [6.07, 6.45) is 0.783. The fraction of sp³-hybridized carbons (Fsp3) is 0.467. The molecule has 1 unspecified atom stereocenters. The molecule has 1 saturated heterocycles. The highest BCUT2D eigenvalue weighted by atomic mass is 16.2. The third-order valence-electron chi connectivity index (χ3n) is 3.62. The van der Waals surface area contributed by atoms with E-state index in [2.05, 4.69) is 5.32 Å². The Bertz CT molecular complexity index is 557. The van der Waals surface area contributed by atoms with Gasteiger partial charge in [0, 0.05) is 51.5 Å². The van der Waals surface area contributed by atoms with E-state index in [0.717, 1.165) is 12.1 Å². The number of benzene rings is 1. The number of nitrogens with one attached hydrogen (secondary N) is 1. The van der Waals surface area contributed by atoms with E-state index >= 15 is 0 Å². The molecule has 6 nitrogen and oxygen atoms in total. The molecule has 1 aliphatic rings. The first kappa shape index (κ1) is 15.2. The molecule has 0 aromatic heterocycles. The minimum Gasteiger partial charge on any atom is -0.399 e. The highest BCUT2D eigenvalue weighted by Gasteiger charge is 2.28. The summed E-state index contributed by atoms with van der Waals surface area (Å²) in [5, 5.41) is 2.86. The number of nitrogens with two attached hydrogens (primary N) is 1. The molecule has 0 saturated carbocycles. The standard InChI is InChI=1S/C15H22N4O2/c1-10(20)17-12-6-7-19(9-12)15(21)13-8-11(16)4-5-14(13)18(2)3/h4-5,8,12H,6-7,9,16H2,1-3H3,(H,17,20). The van der Waals surface area contributed by atoms with Crippen LogP contribution < -0.4 is 16.0 Å². The van der Waals surface area contributed by atoms with Crippen LogP contribution >= 0.6 is 0 Å². The predicted octanol–water partition coefficient (Wildman–Crippen LogP) is 0.685. The van der Waals surface area contributed by atoms with Gasteiger partial charge in [-0.1, -0.05) is 0 Å². The fourth-order valence-corrected chi connectivity index (χ4v) is 2.64. The maximum absolute atomic E-state index is 12.7. The van der Waals surface area contributed by atoms with Crippen molar-refractivity contribution in [1.82, 2.24) is 10.2 Å². The lowest BCUT2D eigenvalue weighted by atomic mass is 10.1. The van der Waals surface area contributed by atoms with E-state index in [-0.39, 0.29) is 17.9 Å². The maximum Gasteiger partial charge on any atom is 0.256 e. The zero-order valence-corrected chi connectivity index (χ0v) is 12.7. The van der Waals surface area contributed by atoms with Crippen molar-refractivity contribution in [3.05, 3.63) is 23.8 Å². The number of likely N-dealkylation sites (tertiary alicyclic amines) is 1. The molecule has 2 amide bonds. The highest BCUT2D eigenvalue weighted by Crippen LogP contribution is 2.24. The minimum atomic E-state index is -0.0627. The number of hydrogen-bond donors (Lipinski definition) is 2. The van der Waals surface area contributed by atoms with E-state index in [0.29, 0.717) is 24.3 Å². The molecule has 0 spiro atoms. The summed E-state index contributed by atoms with van der Waals surface area (Å²) in [6.45, 7) is 2.68. The summed E-state index contributed by atoms with van der Waals surface area (Å²) in [5.41, 5.74) is 7.83. The van der Waals surface area contributed by atoms with Crippen LogP contribution in [0.2, 0.25) is 0 Å². The third kappa shape index (κ3) is 3.45. The van der Waals surface area contributed by atoms with Gasteiger partial charge in [0.2, 0.25) is 5.91 Å². The van der Waals surface area contributed by atoms with Crippen molar-refractivity contribution in [2.24, 2.45) is 0 Å². The summed E-state index contributed by atoms with van der Waals surface area (Å²) >= 11 is 0. The van der Waals surface area contributed by atoms with Gasteiger partial charge in [0.05, 0.1) is 5.56 Å². The van der Waals surface area contributed by atoms with E-state index in [9.17, 15) is 9.59 Å². The van der Waals surface area contributed by atoms with Crippen LogP contribution in [0, 0.1) is 0 Å². The molecular formula is C15H22N4O2. The van der Waals surface area contributed by atoms with Crippen LogP contribution in [-0.4, -0.2) is 49.9 Å². The second kappa shape index (κ2) is 6.03. The van der Waals surface area contributed by atoms with Gasteiger partial charge in [-0.3, -0.25) is 9.59 Å². The molecule has 1 fully saturated rings. The normalized spacial score (nSPS) is 17.7. The number of anilines is 2. The average molecular weight is 290 g/mol. The first-order valence-electron chi connectivity index (χ1n) is 7.01. The number of amides is 2. The molecule has 1 aromatic carbocycles. The number of hydrogen-bond acceptors (Lipinski definition) is 4. The Morgan fingerprint density at radius 1 is 1.38 bits per heavy atom. The van der Waals surface area contributed by atoms with Crippen molar-refractivity contribution in [3.8, 4) is 0 Å². The molecule has 0 aliphatic carbocycles. The van der Waals surface area contributed by atoms with Gasteiger partial charge in [0.25, 0.3) is 5.91 Å². The zero-order chi connectivity index (χ0) is 15.6. The number of carbonyl (C=O) groups is 2. The SMILES string of the molecule is CC(=O)NC1CCN(C(=O)c2cc(N)ccc2N(C)C)C1. The lowest BCUT2D eigenvalue weighted by molar-refractivity contribution is -0.119. The lowest BCUT2D eigenvalue weighted by Crippen LogP contribution is -2.37. The van der Waals surface area contributed by atoms with Crippen LogP contribution in [0.25, 0.3) is 0 Å². The Kier molecular flexibility index (Phi) is 4.35. The summed E-state index contributed by atoms with van der Waals surface area (Å²) in [7, 11) is 3.79. The van der Waals surface area contributed by atoms with Gasteiger partial charge in [0.1, 0.15) is 0 Å². The summed E-state index contributed by atoms with van der Waals surface area (Å²) in [4.78, 5) is 27.4. The number of carbonyl (C=O) groups excluding carboxylic acids is 2. The van der Waals surface area contributed by atoms with E-state index in [1.165, 1.54) is 6.92 Å². The average Bonchev–Trinajstić information content (AvgIpc) is 2.85. The van der Waals surface area contributed by atoms with Crippen molar-refractivity contribution < 1.29 is 9.59 Å². The van der Waals surface area contributed by atoms with Crippen molar-refractivity contribution in [3.63, 3.8) is 0 Å². The Morgan fingerprint density at radius 2 is 2.10 bits per heavy atom. The molecule has 2 rings (SSSR count). The molecule has 6 heteroatoms. The zero-order valence-electron chi connectivity index (χ0n) is 12.7. The number of rotatable bonds is 3.